The van der Waals surface area contributed by atoms with E-state index in [9.17, 15) is 10.0 Å². The lowest BCUT2D eigenvalue weighted by Gasteiger charge is -2.18. The second-order valence-electron chi connectivity index (χ2n) is 31.1. The lowest BCUT2D eigenvalue weighted by molar-refractivity contribution is 0.426. The van der Waals surface area contributed by atoms with Crippen LogP contribution in [0.25, 0.3) is 218 Å². The number of rotatable bonds is 9. The Labute approximate surface area is 706 Å². The summed E-state index contributed by atoms with van der Waals surface area (Å²) in [4.78, 5) is 0. The summed E-state index contributed by atoms with van der Waals surface area (Å²) in [6, 6.07) is 156. The predicted molar refractivity (Wildman–Crippen MR) is 518 cm³/mol. The molecule has 0 atom stereocenters. The molecule has 0 amide bonds. The summed E-state index contributed by atoms with van der Waals surface area (Å²) in [5.41, 5.74) is 19.0. The van der Waals surface area contributed by atoms with Crippen molar-refractivity contribution < 1.29 is 10.0 Å². The maximum atomic E-state index is 9.87. The molecule has 23 aromatic carbocycles. The third-order valence-electron chi connectivity index (χ3n) is 23.9. The van der Waals surface area contributed by atoms with Crippen LogP contribution >= 0.6 is 31.9 Å². The van der Waals surface area contributed by atoms with Crippen LogP contribution in [0.4, 0.5) is 0 Å². The van der Waals surface area contributed by atoms with Gasteiger partial charge in [-0.05, 0) is 327 Å². The zero-order valence-electron chi connectivity index (χ0n) is 64.7. The van der Waals surface area contributed by atoms with Gasteiger partial charge in [-0.25, -0.2) is 0 Å². The Hall–Kier alpha value is -13.9. The van der Waals surface area contributed by atoms with Crippen molar-refractivity contribution in [3.63, 3.8) is 0 Å². The standard InChI is InChI=1S/C70H44.C26H19BO2.C18H10Br2/c1-5-17-49-33-53(29-25-45(49)13-1)57-37-58(54-30-26-46-14-2-6-18-50(46)34-54)40-61(39-57)67-43-69-66-24-12-10-22-64(66)68(44-70(69)65-23-11-9-21-63(65)67)62-41-59(55-31-27-47-15-3-7-19-51(47)35-55)38-60(42-62)56-32-28-48-16-4-8-20-52(48)36-56;28-27(29)26-16-24(22-11-9-18-5-1-3-7-20(18)13-22)15-25(17-26)23-12-10-19-6-2-4-8-21(19)14-23;19-17-10-16-12-6-2-4-8-14(12)18(20)9-15(16)11-5-1-3-7-13(11)17/h1-44H;1-17,28-29H;1-10H. The monoisotopic (exact) mass is 1640 g/mol. The molecule has 0 spiro atoms. The number of halogens is 2. The first-order valence-electron chi connectivity index (χ1n) is 40.4. The van der Waals surface area contributed by atoms with Gasteiger partial charge in [0.05, 0.1) is 0 Å². The van der Waals surface area contributed by atoms with Crippen LogP contribution in [-0.2, 0) is 0 Å². The molecule has 2 nitrogen and oxygen atoms in total. The molecule has 0 fully saturated rings. The SMILES string of the molecule is Brc1cc2c3ccccc3c(Br)cc2c2ccccc12.OB(O)c1cc(-c2ccc3ccccc3c2)cc(-c2ccc3ccccc3c2)c1.c1ccc2cc(-c3cc(-c4ccc5ccccc5c4)cc(-c4cc5c6ccccc6c(-c6cc(-c7ccc8ccccc8c7)cc(-c7ccc8ccccc8c7)c6)cc5c5ccccc45)c3)ccc2c1. The fraction of sp³-hybridized carbons (Fsp3) is 0. The molecule has 2 N–H and O–H groups in total. The molecule has 23 aromatic rings. The summed E-state index contributed by atoms with van der Waals surface area (Å²) in [5.74, 6) is 0. The smallest absolute Gasteiger partial charge is 0.423 e. The highest BCUT2D eigenvalue weighted by molar-refractivity contribution is 9.11. The van der Waals surface area contributed by atoms with Gasteiger partial charge in [0.25, 0.3) is 0 Å². The molecule has 0 saturated carbocycles. The van der Waals surface area contributed by atoms with Crippen LogP contribution in [-0.4, -0.2) is 17.2 Å². The van der Waals surface area contributed by atoms with E-state index in [1.54, 1.807) is 0 Å². The van der Waals surface area contributed by atoms with E-state index >= 15 is 0 Å². The van der Waals surface area contributed by atoms with Gasteiger partial charge in [-0.3, -0.25) is 0 Å². The van der Waals surface area contributed by atoms with Gasteiger partial charge >= 0.3 is 7.12 Å². The van der Waals surface area contributed by atoms with Crippen molar-refractivity contribution in [1.82, 2.24) is 0 Å². The van der Waals surface area contributed by atoms with Crippen LogP contribution in [0.15, 0.2) is 440 Å². The predicted octanol–water partition coefficient (Wildman–Crippen LogP) is 31.4. The van der Waals surface area contributed by atoms with Crippen LogP contribution in [0.1, 0.15) is 0 Å². The molecule has 5 heteroatoms. The van der Waals surface area contributed by atoms with Gasteiger partial charge in [0.1, 0.15) is 0 Å². The van der Waals surface area contributed by atoms with Crippen LogP contribution in [0.3, 0.4) is 0 Å². The topological polar surface area (TPSA) is 40.5 Å². The molecular formula is C114H73BBr2O2. The number of fused-ring (bicyclic) bond motifs is 16. The van der Waals surface area contributed by atoms with E-state index in [-0.39, 0.29) is 0 Å². The fourth-order valence-electron chi connectivity index (χ4n) is 17.9. The number of hydrogen-bond donors (Lipinski definition) is 2. The second-order valence-corrected chi connectivity index (χ2v) is 32.8. The minimum Gasteiger partial charge on any atom is -0.423 e. The highest BCUT2D eigenvalue weighted by Gasteiger charge is 2.21. The van der Waals surface area contributed by atoms with Gasteiger partial charge in [0.2, 0.25) is 0 Å². The molecule has 0 aromatic heterocycles. The molecule has 0 heterocycles. The Morgan fingerprint density at radius 1 is 0.143 bits per heavy atom. The van der Waals surface area contributed by atoms with Crippen molar-refractivity contribution in [2.45, 2.75) is 0 Å². The third-order valence-corrected chi connectivity index (χ3v) is 25.2. The second kappa shape index (κ2) is 31.0. The third kappa shape index (κ3) is 14.0. The highest BCUT2D eigenvalue weighted by atomic mass is 79.9. The van der Waals surface area contributed by atoms with E-state index in [1.807, 2.05) is 36.4 Å². The molecule has 0 unspecified atom stereocenters. The van der Waals surface area contributed by atoms with Crippen molar-refractivity contribution in [1.29, 1.82) is 0 Å². The number of hydrogen-bond acceptors (Lipinski definition) is 2. The molecule has 0 bridgehead atoms. The van der Waals surface area contributed by atoms with Crippen LogP contribution in [0.5, 0.6) is 0 Å². The van der Waals surface area contributed by atoms with E-state index < -0.39 is 7.12 Å². The van der Waals surface area contributed by atoms with Crippen molar-refractivity contribution in [2.24, 2.45) is 0 Å². The van der Waals surface area contributed by atoms with E-state index in [2.05, 4.69) is 426 Å². The zero-order chi connectivity index (χ0) is 79.6. The van der Waals surface area contributed by atoms with Gasteiger partial charge in [0, 0.05) is 8.95 Å². The summed E-state index contributed by atoms with van der Waals surface area (Å²) in [7, 11) is -1.52. The first-order valence-corrected chi connectivity index (χ1v) is 42.0. The fourth-order valence-corrected chi connectivity index (χ4v) is 19.0. The van der Waals surface area contributed by atoms with Gasteiger partial charge in [0.15, 0.2) is 0 Å². The molecule has 119 heavy (non-hydrogen) atoms. The maximum Gasteiger partial charge on any atom is 0.488 e. The summed E-state index contributed by atoms with van der Waals surface area (Å²) in [6.07, 6.45) is 0. The summed E-state index contributed by atoms with van der Waals surface area (Å²) in [6.45, 7) is 0. The Morgan fingerprint density at radius 2 is 0.336 bits per heavy atom. The normalized spacial score (nSPS) is 11.5. The largest absolute Gasteiger partial charge is 0.488 e. The van der Waals surface area contributed by atoms with Gasteiger partial charge in [-0.2, -0.15) is 0 Å². The van der Waals surface area contributed by atoms with E-state index in [1.165, 1.54) is 185 Å². The molecule has 0 aliphatic rings. The lowest BCUT2D eigenvalue weighted by atomic mass is 9.77. The van der Waals surface area contributed by atoms with Crippen molar-refractivity contribution >= 4 is 174 Å². The van der Waals surface area contributed by atoms with Crippen molar-refractivity contribution in [3.8, 4) is 89.0 Å². The van der Waals surface area contributed by atoms with E-state index in [0.717, 1.165) is 42.0 Å². The van der Waals surface area contributed by atoms with Crippen molar-refractivity contribution in [2.75, 3.05) is 0 Å². The molecule has 558 valence electrons. The first kappa shape index (κ1) is 72.8. The van der Waals surface area contributed by atoms with Crippen molar-refractivity contribution in [3.05, 3.63) is 440 Å². The van der Waals surface area contributed by atoms with Crippen LogP contribution in [0.2, 0.25) is 0 Å². The Morgan fingerprint density at radius 3 is 0.588 bits per heavy atom. The highest BCUT2D eigenvalue weighted by Crippen LogP contribution is 2.47. The molecule has 0 aliphatic carbocycles. The molecule has 0 aliphatic heterocycles. The first-order chi connectivity index (χ1) is 58.6. The van der Waals surface area contributed by atoms with E-state index in [0.29, 0.717) is 5.46 Å². The van der Waals surface area contributed by atoms with Gasteiger partial charge < -0.3 is 10.0 Å². The lowest BCUT2D eigenvalue weighted by Crippen LogP contribution is -2.29. The van der Waals surface area contributed by atoms with E-state index in [4.69, 9.17) is 0 Å². The Balaban J connectivity index is 0.000000145. The molecule has 0 saturated heterocycles. The summed E-state index contributed by atoms with van der Waals surface area (Å²) in [5, 5.41) is 49.4. The minimum absolute atomic E-state index is 0.485. The average molecular weight is 1650 g/mol. The number of benzene rings is 23. The quantitative estimate of drug-likeness (QED) is 0.112. The summed E-state index contributed by atoms with van der Waals surface area (Å²) >= 11 is 7.42. The minimum atomic E-state index is -1.52. The van der Waals surface area contributed by atoms with Gasteiger partial charge in [-0.1, -0.05) is 359 Å². The molecular weight excluding hydrogens is 1570 g/mol. The summed E-state index contributed by atoms with van der Waals surface area (Å²) < 4.78 is 2.29. The maximum absolute atomic E-state index is 9.87. The zero-order valence-corrected chi connectivity index (χ0v) is 67.9. The van der Waals surface area contributed by atoms with Gasteiger partial charge in [-0.15, -0.1) is 0 Å². The molecule has 23 rings (SSSR count). The Bertz CT molecular complexity index is 7360. The van der Waals surface area contributed by atoms with Crippen LogP contribution < -0.4 is 5.46 Å². The molecule has 0 radical (unpaired) electrons. The average Bonchev–Trinajstić information content (AvgIpc) is 0.731. The Kier molecular flexibility index (Phi) is 18.9. The van der Waals surface area contributed by atoms with Crippen LogP contribution in [0, 0.1) is 0 Å².